The number of hydrogen-bond donors (Lipinski definition) is 2. The number of ether oxygens (including phenoxy) is 3. The van der Waals surface area contributed by atoms with Gasteiger partial charge in [-0.1, -0.05) is 30.3 Å². The highest BCUT2D eigenvalue weighted by Gasteiger charge is 2.29. The fourth-order valence-electron chi connectivity index (χ4n) is 3.07. The third kappa shape index (κ3) is 6.73. The van der Waals surface area contributed by atoms with Gasteiger partial charge in [-0.25, -0.2) is 10.1 Å². The summed E-state index contributed by atoms with van der Waals surface area (Å²) in [6, 6.07) is 8.46. The van der Waals surface area contributed by atoms with Crippen LogP contribution in [0.2, 0.25) is 0 Å². The number of aromatic nitrogens is 4. The van der Waals surface area contributed by atoms with E-state index in [1.54, 1.807) is 24.7 Å². The molecular formula is C21H29N6O6P. The summed E-state index contributed by atoms with van der Waals surface area (Å²) >= 11 is 0. The van der Waals surface area contributed by atoms with Gasteiger partial charge in [0.15, 0.2) is 11.2 Å². The molecule has 0 bridgehead atoms. The Morgan fingerprint density at radius 1 is 1.26 bits per heavy atom. The lowest BCUT2D eigenvalue weighted by atomic mass is 10.2. The summed E-state index contributed by atoms with van der Waals surface area (Å²) < 4.78 is 36.8. The lowest BCUT2D eigenvalue weighted by molar-refractivity contribution is -0.144. The molecule has 0 spiro atoms. The summed E-state index contributed by atoms with van der Waals surface area (Å²) in [6.07, 6.45) is 1.31. The molecule has 13 heteroatoms. The van der Waals surface area contributed by atoms with Gasteiger partial charge < -0.3 is 29.0 Å². The Morgan fingerprint density at radius 3 is 2.74 bits per heavy atom. The molecule has 2 heterocycles. The first-order valence-electron chi connectivity index (χ1n) is 10.7. The smallest absolute Gasteiger partial charge is 0.323 e. The van der Waals surface area contributed by atoms with E-state index in [0.717, 1.165) is 5.56 Å². The first-order chi connectivity index (χ1) is 16.3. The van der Waals surface area contributed by atoms with Gasteiger partial charge in [0.25, 0.3) is 7.52 Å². The second-order valence-corrected chi connectivity index (χ2v) is 9.40. The summed E-state index contributed by atoms with van der Waals surface area (Å²) in [6.45, 7) is 4.09. The van der Waals surface area contributed by atoms with Crippen LogP contribution in [0.15, 0.2) is 36.7 Å². The quantitative estimate of drug-likeness (QED) is 0.205. The normalized spacial score (nSPS) is 14.0. The van der Waals surface area contributed by atoms with Gasteiger partial charge in [-0.2, -0.15) is 9.97 Å². The predicted octanol–water partition coefficient (Wildman–Crippen LogP) is 2.34. The van der Waals surface area contributed by atoms with Crippen LogP contribution < -0.4 is 15.6 Å². The summed E-state index contributed by atoms with van der Waals surface area (Å²) in [5, 5.41) is 2.75. The Morgan fingerprint density at radius 2 is 2.03 bits per heavy atom. The Balaban J connectivity index is 1.64. The maximum Gasteiger partial charge on any atom is 0.323 e. The van der Waals surface area contributed by atoms with Crippen molar-refractivity contribution in [1.29, 1.82) is 0 Å². The van der Waals surface area contributed by atoms with Crippen molar-refractivity contribution >= 4 is 30.6 Å². The van der Waals surface area contributed by atoms with Gasteiger partial charge in [0.1, 0.15) is 12.4 Å². The molecule has 1 unspecified atom stereocenters. The number of anilines is 1. The topological polar surface area (TPSA) is 153 Å². The lowest BCUT2D eigenvalue weighted by Crippen LogP contribution is -2.34. The maximum atomic E-state index is 13.5. The highest BCUT2D eigenvalue weighted by atomic mass is 31.2. The first-order valence-corrected chi connectivity index (χ1v) is 12.5. The minimum absolute atomic E-state index is 0.0583. The number of fused-ring (bicyclic) bond motifs is 1. The standard InChI is InChI=1S/C21H29N6O6P/c1-4-32-20(28)15(2)26-34(29,33-12-16-8-6-5-7-9-16)14-31-11-10-27-13-23-17-18(27)24-21(22)25-19(17)30-3/h5-9,13,15H,4,10-12,14H2,1-3H3,(H,26,29)(H2,22,24,25)/t15?,34-/m1/s1. The van der Waals surface area contributed by atoms with Crippen LogP contribution in [0.4, 0.5) is 5.95 Å². The molecule has 2 aromatic heterocycles. The number of esters is 1. The summed E-state index contributed by atoms with van der Waals surface area (Å²) in [5.41, 5.74) is 7.54. The highest BCUT2D eigenvalue weighted by molar-refractivity contribution is 7.56. The average Bonchev–Trinajstić information content (AvgIpc) is 3.23. The van der Waals surface area contributed by atoms with Crippen molar-refractivity contribution in [3.05, 3.63) is 42.2 Å². The van der Waals surface area contributed by atoms with E-state index in [1.807, 2.05) is 30.3 Å². The van der Waals surface area contributed by atoms with Gasteiger partial charge in [0.2, 0.25) is 11.8 Å². The number of nitrogens with zero attached hydrogens (tertiary/aromatic N) is 4. The third-order valence-corrected chi connectivity index (χ3v) is 6.54. The molecule has 1 aromatic carbocycles. The molecule has 3 rings (SSSR count). The minimum Gasteiger partial charge on any atom is -0.479 e. The van der Waals surface area contributed by atoms with Crippen molar-refractivity contribution < 1.29 is 28.1 Å². The van der Waals surface area contributed by atoms with Gasteiger partial charge in [-0.3, -0.25) is 9.36 Å². The zero-order valence-corrected chi connectivity index (χ0v) is 20.2. The van der Waals surface area contributed by atoms with E-state index in [1.165, 1.54) is 7.11 Å². The van der Waals surface area contributed by atoms with Crippen LogP contribution in [0, 0.1) is 0 Å². The fraction of sp³-hybridized carbons (Fsp3) is 0.429. The van der Waals surface area contributed by atoms with Gasteiger partial charge in [-0.15, -0.1) is 0 Å². The monoisotopic (exact) mass is 492 g/mol. The van der Waals surface area contributed by atoms with Crippen LogP contribution in [0.25, 0.3) is 11.2 Å². The van der Waals surface area contributed by atoms with Gasteiger partial charge in [0.05, 0.1) is 33.3 Å². The average molecular weight is 492 g/mol. The lowest BCUT2D eigenvalue weighted by Gasteiger charge is -2.23. The van der Waals surface area contributed by atoms with Crippen LogP contribution in [-0.2, 0) is 36.5 Å². The number of hydrogen-bond acceptors (Lipinski definition) is 10. The molecule has 0 aliphatic heterocycles. The van der Waals surface area contributed by atoms with E-state index >= 15 is 0 Å². The van der Waals surface area contributed by atoms with Crippen molar-refractivity contribution in [3.63, 3.8) is 0 Å². The van der Waals surface area contributed by atoms with Crippen LogP contribution in [-0.4, -0.2) is 58.2 Å². The van der Waals surface area contributed by atoms with Gasteiger partial charge >= 0.3 is 5.97 Å². The molecular weight excluding hydrogens is 463 g/mol. The predicted molar refractivity (Wildman–Crippen MR) is 125 cm³/mol. The van der Waals surface area contributed by atoms with E-state index < -0.39 is 19.5 Å². The number of nitrogens with one attached hydrogen (secondary N) is 1. The molecule has 0 amide bonds. The Bertz CT molecular complexity index is 1140. The second-order valence-electron chi connectivity index (χ2n) is 7.27. The Labute approximate surface area is 197 Å². The Hall–Kier alpha value is -3.05. The van der Waals surface area contributed by atoms with Crippen molar-refractivity contribution in [3.8, 4) is 5.88 Å². The molecule has 0 aliphatic carbocycles. The molecule has 184 valence electrons. The molecule has 0 aliphatic rings. The number of nitrogen functional groups attached to an aromatic ring is 1. The SMILES string of the molecule is CCOC(=O)C(C)N[P@@](=O)(COCCn1cnc2c(OC)nc(N)nc21)OCc1ccccc1. The van der Waals surface area contributed by atoms with Crippen LogP contribution in [0.1, 0.15) is 19.4 Å². The molecule has 0 saturated heterocycles. The summed E-state index contributed by atoms with van der Waals surface area (Å²) in [4.78, 5) is 24.5. The van der Waals surface area contributed by atoms with E-state index in [0.29, 0.717) is 17.7 Å². The number of imidazole rings is 1. The molecule has 0 saturated carbocycles. The van der Waals surface area contributed by atoms with Crippen molar-refractivity contribution in [2.24, 2.45) is 0 Å². The van der Waals surface area contributed by atoms with Crippen molar-refractivity contribution in [1.82, 2.24) is 24.6 Å². The highest BCUT2D eigenvalue weighted by Crippen LogP contribution is 2.44. The van der Waals surface area contributed by atoms with Crippen molar-refractivity contribution in [2.45, 2.75) is 33.0 Å². The Kier molecular flexibility index (Phi) is 8.94. The van der Waals surface area contributed by atoms with E-state index in [-0.39, 0.29) is 38.0 Å². The molecule has 3 aromatic rings. The van der Waals surface area contributed by atoms with Crippen LogP contribution in [0.3, 0.4) is 0 Å². The molecule has 3 N–H and O–H groups in total. The third-order valence-electron chi connectivity index (χ3n) is 4.69. The molecule has 2 atom stereocenters. The molecule has 0 radical (unpaired) electrons. The fourth-order valence-corrected chi connectivity index (χ4v) is 4.71. The number of carbonyl (C=O) groups is 1. The summed E-state index contributed by atoms with van der Waals surface area (Å²) in [7, 11) is -2.08. The van der Waals surface area contributed by atoms with Crippen LogP contribution in [0.5, 0.6) is 5.88 Å². The largest absolute Gasteiger partial charge is 0.479 e. The van der Waals surface area contributed by atoms with Crippen LogP contribution >= 0.6 is 7.52 Å². The van der Waals surface area contributed by atoms with Gasteiger partial charge in [0, 0.05) is 6.54 Å². The van der Waals surface area contributed by atoms with Gasteiger partial charge in [-0.05, 0) is 19.4 Å². The van der Waals surface area contributed by atoms with Crippen molar-refractivity contribution in [2.75, 3.05) is 32.4 Å². The summed E-state index contributed by atoms with van der Waals surface area (Å²) in [5.74, 6) is -0.191. The molecule has 34 heavy (non-hydrogen) atoms. The number of rotatable bonds is 13. The van der Waals surface area contributed by atoms with E-state index in [4.69, 9.17) is 24.5 Å². The minimum atomic E-state index is -3.56. The number of methoxy groups -OCH3 is 1. The number of carbonyl (C=O) groups excluding carboxylic acids is 1. The molecule has 0 fully saturated rings. The number of nitrogens with two attached hydrogens (primary N) is 1. The maximum absolute atomic E-state index is 13.5. The zero-order valence-electron chi connectivity index (χ0n) is 19.3. The number of benzene rings is 1. The second kappa shape index (κ2) is 11.9. The van der Waals surface area contributed by atoms with E-state index in [2.05, 4.69) is 20.0 Å². The first kappa shape index (κ1) is 25.6. The van der Waals surface area contributed by atoms with E-state index in [9.17, 15) is 9.36 Å². The zero-order chi connectivity index (χ0) is 24.6. The molecule has 12 nitrogen and oxygen atoms in total.